The lowest BCUT2D eigenvalue weighted by molar-refractivity contribution is -0.180. The Balaban J connectivity index is 1.40. The number of nitrogens with zero attached hydrogens (tertiary/aromatic N) is 3. The fraction of sp³-hybridized carbons (Fsp3) is 0.419. The Hall–Kier alpha value is -3.23. The molecule has 208 valence electrons. The number of rotatable bonds is 9. The van der Waals surface area contributed by atoms with Gasteiger partial charge in [0.15, 0.2) is 0 Å². The number of aromatic nitrogens is 1. The van der Waals surface area contributed by atoms with E-state index < -0.39 is 11.6 Å². The van der Waals surface area contributed by atoms with Gasteiger partial charge in [-0.15, -0.1) is 0 Å². The third-order valence-corrected chi connectivity index (χ3v) is 7.54. The number of ether oxygens (including phenoxy) is 1. The van der Waals surface area contributed by atoms with Gasteiger partial charge in [0.25, 0.3) is 0 Å². The number of hydrogen-bond donors (Lipinski definition) is 0. The maximum Gasteiger partial charge on any atom is 0.397 e. The molecule has 2 heterocycles. The summed E-state index contributed by atoms with van der Waals surface area (Å²) in [7, 11) is 0. The molecule has 0 bridgehead atoms. The fourth-order valence-corrected chi connectivity index (χ4v) is 4.94. The molecule has 0 radical (unpaired) electrons. The van der Waals surface area contributed by atoms with Crippen LogP contribution in [-0.2, 0) is 28.0 Å². The lowest BCUT2D eigenvalue weighted by Gasteiger charge is -2.41. The van der Waals surface area contributed by atoms with E-state index in [2.05, 4.69) is 26.9 Å². The summed E-state index contributed by atoms with van der Waals surface area (Å²) in [6, 6.07) is 18.8. The highest BCUT2D eigenvalue weighted by Gasteiger charge is 2.48. The van der Waals surface area contributed by atoms with Gasteiger partial charge >= 0.3 is 12.1 Å². The first-order chi connectivity index (χ1) is 18.6. The van der Waals surface area contributed by atoms with E-state index in [-0.39, 0.29) is 17.6 Å². The number of pyridine rings is 1. The van der Waals surface area contributed by atoms with Crippen molar-refractivity contribution in [3.8, 4) is 11.1 Å². The zero-order chi connectivity index (χ0) is 28.0. The first-order valence-corrected chi connectivity index (χ1v) is 13.3. The Morgan fingerprint density at radius 3 is 2.08 bits per heavy atom. The van der Waals surface area contributed by atoms with E-state index in [1.807, 2.05) is 31.2 Å². The summed E-state index contributed by atoms with van der Waals surface area (Å²) in [6.07, 6.45) is -0.397. The molecule has 5 nitrogen and oxygen atoms in total. The summed E-state index contributed by atoms with van der Waals surface area (Å²) in [5, 5.41) is 0. The normalized spacial score (nSPS) is 17.2. The number of esters is 1. The SMILES string of the molecule is CCOC(=O)CC1CN(Cc2ccc(-c3ccc(C(C)(C)C(F)(F)F)cc3)cc2)CCN1Cc1ccncc1. The Bertz CT molecular complexity index is 1210. The van der Waals surface area contributed by atoms with Gasteiger partial charge in [-0.3, -0.25) is 19.6 Å². The van der Waals surface area contributed by atoms with Crippen molar-refractivity contribution in [1.29, 1.82) is 0 Å². The molecule has 1 unspecified atom stereocenters. The predicted molar refractivity (Wildman–Crippen MR) is 146 cm³/mol. The van der Waals surface area contributed by atoms with Crippen molar-refractivity contribution < 1.29 is 22.7 Å². The third-order valence-electron chi connectivity index (χ3n) is 7.54. The molecular weight excluding hydrogens is 503 g/mol. The topological polar surface area (TPSA) is 45.7 Å². The Labute approximate surface area is 228 Å². The molecule has 4 rings (SSSR count). The maximum atomic E-state index is 13.4. The maximum absolute atomic E-state index is 13.4. The van der Waals surface area contributed by atoms with Crippen molar-refractivity contribution in [2.45, 2.75) is 57.9 Å². The molecule has 1 aliphatic rings. The van der Waals surface area contributed by atoms with Crippen LogP contribution in [-0.4, -0.2) is 59.2 Å². The standard InChI is InChI=1S/C31H36F3N3O2/c1-4-39-29(38)19-28-22-36(17-18-37(28)21-24-13-15-35-16-14-24)20-23-5-7-25(8-6-23)26-9-11-27(12-10-26)30(2,3)31(32,33)34/h5-16,28H,4,17-22H2,1-3H3. The zero-order valence-corrected chi connectivity index (χ0v) is 22.7. The van der Waals surface area contributed by atoms with Gasteiger partial charge in [-0.25, -0.2) is 0 Å². The Morgan fingerprint density at radius 1 is 0.897 bits per heavy atom. The molecule has 0 aliphatic carbocycles. The fourth-order valence-electron chi connectivity index (χ4n) is 4.94. The van der Waals surface area contributed by atoms with Gasteiger partial charge in [0.1, 0.15) is 0 Å². The van der Waals surface area contributed by atoms with Crippen molar-refractivity contribution in [2.75, 3.05) is 26.2 Å². The van der Waals surface area contributed by atoms with Gasteiger partial charge in [0, 0.05) is 51.2 Å². The summed E-state index contributed by atoms with van der Waals surface area (Å²) < 4.78 is 45.4. The largest absolute Gasteiger partial charge is 0.466 e. The van der Waals surface area contributed by atoms with Crippen molar-refractivity contribution in [3.63, 3.8) is 0 Å². The van der Waals surface area contributed by atoms with E-state index in [1.54, 1.807) is 36.7 Å². The number of carbonyl (C=O) groups is 1. The second-order valence-electron chi connectivity index (χ2n) is 10.6. The Morgan fingerprint density at radius 2 is 1.49 bits per heavy atom. The van der Waals surface area contributed by atoms with Crippen molar-refractivity contribution in [1.82, 2.24) is 14.8 Å². The minimum absolute atomic E-state index is 0.0460. The average molecular weight is 540 g/mol. The average Bonchev–Trinajstić information content (AvgIpc) is 2.91. The van der Waals surface area contributed by atoms with Crippen LogP contribution in [0.25, 0.3) is 11.1 Å². The van der Waals surface area contributed by atoms with E-state index in [0.717, 1.165) is 55.0 Å². The molecule has 0 N–H and O–H groups in total. The lowest BCUT2D eigenvalue weighted by atomic mass is 9.83. The van der Waals surface area contributed by atoms with E-state index in [1.165, 1.54) is 13.8 Å². The van der Waals surface area contributed by atoms with Crippen molar-refractivity contribution in [2.24, 2.45) is 0 Å². The number of alkyl halides is 3. The van der Waals surface area contributed by atoms with Gasteiger partial charge < -0.3 is 4.74 Å². The predicted octanol–water partition coefficient (Wildman–Crippen LogP) is 6.23. The van der Waals surface area contributed by atoms with Crippen LogP contribution < -0.4 is 0 Å². The quantitative estimate of drug-likeness (QED) is 0.302. The summed E-state index contributed by atoms with van der Waals surface area (Å²) in [4.78, 5) is 21.1. The summed E-state index contributed by atoms with van der Waals surface area (Å²) in [5.74, 6) is -0.182. The molecule has 8 heteroatoms. The molecular formula is C31H36F3N3O2. The molecule has 0 saturated carbocycles. The highest BCUT2D eigenvalue weighted by Crippen LogP contribution is 2.40. The smallest absolute Gasteiger partial charge is 0.397 e. The van der Waals surface area contributed by atoms with Crippen LogP contribution in [0.1, 0.15) is 43.9 Å². The minimum Gasteiger partial charge on any atom is -0.466 e. The first-order valence-electron chi connectivity index (χ1n) is 13.3. The number of benzene rings is 2. The molecule has 1 saturated heterocycles. The van der Waals surface area contributed by atoms with Gasteiger partial charge in [0.2, 0.25) is 0 Å². The summed E-state index contributed by atoms with van der Waals surface area (Å²) >= 11 is 0. The molecule has 3 aromatic rings. The van der Waals surface area contributed by atoms with Crippen molar-refractivity contribution >= 4 is 5.97 Å². The van der Waals surface area contributed by atoms with E-state index in [4.69, 9.17) is 4.74 Å². The molecule has 1 aliphatic heterocycles. The number of piperazine rings is 1. The van der Waals surface area contributed by atoms with Crippen LogP contribution in [0.2, 0.25) is 0 Å². The third kappa shape index (κ3) is 7.25. The number of hydrogen-bond acceptors (Lipinski definition) is 5. The number of carbonyl (C=O) groups excluding carboxylic acids is 1. The van der Waals surface area contributed by atoms with E-state index >= 15 is 0 Å². The second kappa shape index (κ2) is 12.3. The molecule has 39 heavy (non-hydrogen) atoms. The zero-order valence-electron chi connectivity index (χ0n) is 22.7. The number of halogens is 3. The van der Waals surface area contributed by atoms with Gasteiger partial charge in [0.05, 0.1) is 18.4 Å². The van der Waals surface area contributed by atoms with Crippen LogP contribution in [0.3, 0.4) is 0 Å². The summed E-state index contributed by atoms with van der Waals surface area (Å²) in [5.41, 5.74) is 2.49. The molecule has 1 fully saturated rings. The molecule has 0 amide bonds. The van der Waals surface area contributed by atoms with E-state index in [9.17, 15) is 18.0 Å². The van der Waals surface area contributed by atoms with Gasteiger partial charge in [-0.1, -0.05) is 48.5 Å². The highest BCUT2D eigenvalue weighted by atomic mass is 19.4. The van der Waals surface area contributed by atoms with E-state index in [0.29, 0.717) is 13.0 Å². The summed E-state index contributed by atoms with van der Waals surface area (Å²) in [6.45, 7) is 8.57. The van der Waals surface area contributed by atoms with Crippen LogP contribution >= 0.6 is 0 Å². The molecule has 1 aromatic heterocycles. The van der Waals surface area contributed by atoms with Crippen LogP contribution in [0, 0.1) is 0 Å². The highest BCUT2D eigenvalue weighted by molar-refractivity contribution is 5.70. The van der Waals surface area contributed by atoms with Crippen molar-refractivity contribution in [3.05, 3.63) is 89.7 Å². The molecule has 1 atom stereocenters. The van der Waals surface area contributed by atoms with Gasteiger partial charge in [-0.05, 0) is 60.7 Å². The van der Waals surface area contributed by atoms with Crippen LogP contribution in [0.4, 0.5) is 13.2 Å². The Kier molecular flexibility index (Phi) is 9.08. The molecule has 2 aromatic carbocycles. The molecule has 0 spiro atoms. The van der Waals surface area contributed by atoms with Crippen LogP contribution in [0.15, 0.2) is 73.1 Å². The first kappa shape index (κ1) is 28.8. The van der Waals surface area contributed by atoms with Gasteiger partial charge in [-0.2, -0.15) is 13.2 Å². The monoisotopic (exact) mass is 539 g/mol. The lowest BCUT2D eigenvalue weighted by Crippen LogP contribution is -2.53. The second-order valence-corrected chi connectivity index (χ2v) is 10.6. The van der Waals surface area contributed by atoms with Crippen LogP contribution in [0.5, 0.6) is 0 Å². The minimum atomic E-state index is -4.31.